The number of carboxylic acids is 1. The van der Waals surface area contributed by atoms with Crippen LogP contribution in [0.25, 0.3) is 0 Å². The summed E-state index contributed by atoms with van der Waals surface area (Å²) in [6.45, 7) is 0. The Kier molecular flexibility index (Phi) is 5.36. The Balaban J connectivity index is 1.99. The summed E-state index contributed by atoms with van der Waals surface area (Å²) in [5.41, 5.74) is 1.55. The van der Waals surface area contributed by atoms with Gasteiger partial charge in [0.15, 0.2) is 0 Å². The molecule has 0 spiro atoms. The normalized spacial score (nSPS) is 11.8. The van der Waals surface area contributed by atoms with Crippen LogP contribution < -0.4 is 0 Å². The first kappa shape index (κ1) is 16.5. The Labute approximate surface area is 133 Å². The maximum absolute atomic E-state index is 12.2. The molecule has 0 aliphatic rings. The lowest BCUT2D eigenvalue weighted by Crippen LogP contribution is -2.26. The molecule has 5 heteroatoms. The van der Waals surface area contributed by atoms with E-state index in [0.717, 1.165) is 5.56 Å². The van der Waals surface area contributed by atoms with Crippen molar-refractivity contribution in [2.75, 3.05) is 0 Å². The molecule has 3 N–H and O–H groups in total. The molecule has 23 heavy (non-hydrogen) atoms. The van der Waals surface area contributed by atoms with Gasteiger partial charge in [-0.25, -0.2) is 0 Å². The molecule has 1 unspecified atom stereocenters. The second kappa shape index (κ2) is 7.45. The highest BCUT2D eigenvalue weighted by molar-refractivity contribution is 5.98. The van der Waals surface area contributed by atoms with E-state index in [1.165, 1.54) is 24.3 Å². The maximum atomic E-state index is 12.2. The molecule has 0 aliphatic heterocycles. The number of aromatic hydroxyl groups is 2. The SMILES string of the molecule is O=C(O)C(Cc1ccc(O)cc1)C(=O)CCc1ccc(O)cc1. The second-order valence-corrected chi connectivity index (χ2v) is 5.39. The third-order valence-electron chi connectivity index (χ3n) is 3.66. The van der Waals surface area contributed by atoms with Gasteiger partial charge in [0.05, 0.1) is 0 Å². The standard InChI is InChI=1S/C18H18O5/c19-14-6-1-12(2-7-14)5-10-17(21)16(18(22)23)11-13-3-8-15(20)9-4-13/h1-4,6-9,16,19-20H,5,10-11H2,(H,22,23). The fraction of sp³-hybridized carbons (Fsp3) is 0.222. The van der Waals surface area contributed by atoms with Gasteiger partial charge in [0.2, 0.25) is 0 Å². The quantitative estimate of drug-likeness (QED) is 0.683. The first-order valence-electron chi connectivity index (χ1n) is 7.27. The minimum Gasteiger partial charge on any atom is -0.508 e. The highest BCUT2D eigenvalue weighted by Gasteiger charge is 2.25. The molecule has 0 bridgehead atoms. The predicted octanol–water partition coefficient (Wildman–Crippen LogP) is 2.54. The van der Waals surface area contributed by atoms with E-state index in [0.29, 0.717) is 12.0 Å². The van der Waals surface area contributed by atoms with Crippen molar-refractivity contribution in [2.45, 2.75) is 19.3 Å². The van der Waals surface area contributed by atoms with Crippen LogP contribution in [-0.4, -0.2) is 27.1 Å². The first-order valence-corrected chi connectivity index (χ1v) is 7.27. The lowest BCUT2D eigenvalue weighted by atomic mass is 9.92. The summed E-state index contributed by atoms with van der Waals surface area (Å²) in [4.78, 5) is 23.6. The van der Waals surface area contributed by atoms with Gasteiger partial charge in [-0.1, -0.05) is 24.3 Å². The van der Waals surface area contributed by atoms with Gasteiger partial charge in [-0.3, -0.25) is 9.59 Å². The summed E-state index contributed by atoms with van der Waals surface area (Å²) in [6.07, 6.45) is 0.655. The number of hydrogen-bond donors (Lipinski definition) is 3. The van der Waals surface area contributed by atoms with Crippen LogP contribution in [0.5, 0.6) is 11.5 Å². The molecule has 0 aromatic heterocycles. The summed E-state index contributed by atoms with van der Waals surface area (Å²) in [5, 5.41) is 27.7. The van der Waals surface area contributed by atoms with E-state index < -0.39 is 11.9 Å². The minimum absolute atomic E-state index is 0.0966. The lowest BCUT2D eigenvalue weighted by molar-refractivity contribution is -0.146. The molecule has 2 aromatic carbocycles. The van der Waals surface area contributed by atoms with E-state index in [2.05, 4.69) is 0 Å². The molecule has 0 aliphatic carbocycles. The third kappa shape index (κ3) is 4.85. The Morgan fingerprint density at radius 1 is 0.826 bits per heavy atom. The van der Waals surface area contributed by atoms with E-state index in [1.807, 2.05) is 0 Å². The van der Waals surface area contributed by atoms with E-state index in [4.69, 9.17) is 0 Å². The van der Waals surface area contributed by atoms with Crippen LogP contribution in [0.15, 0.2) is 48.5 Å². The number of aliphatic carboxylic acids is 1. The third-order valence-corrected chi connectivity index (χ3v) is 3.66. The van der Waals surface area contributed by atoms with Gasteiger partial charge in [-0.2, -0.15) is 0 Å². The van der Waals surface area contributed by atoms with Crippen molar-refractivity contribution in [2.24, 2.45) is 5.92 Å². The Morgan fingerprint density at radius 2 is 1.30 bits per heavy atom. The number of carbonyl (C=O) groups excluding carboxylic acids is 1. The van der Waals surface area contributed by atoms with Crippen LogP contribution in [0, 0.1) is 5.92 Å². The number of phenols is 2. The highest BCUT2D eigenvalue weighted by atomic mass is 16.4. The van der Waals surface area contributed by atoms with Crippen molar-refractivity contribution in [3.05, 3.63) is 59.7 Å². The molecule has 0 radical (unpaired) electrons. The summed E-state index contributed by atoms with van der Waals surface area (Å²) < 4.78 is 0. The van der Waals surface area contributed by atoms with Crippen molar-refractivity contribution in [3.8, 4) is 11.5 Å². The molecule has 2 aromatic rings. The summed E-state index contributed by atoms with van der Waals surface area (Å²) >= 11 is 0. The number of aryl methyl sites for hydroxylation is 1. The van der Waals surface area contributed by atoms with E-state index in [1.54, 1.807) is 24.3 Å². The van der Waals surface area contributed by atoms with E-state index in [9.17, 15) is 24.9 Å². The Bertz CT molecular complexity index is 674. The van der Waals surface area contributed by atoms with E-state index in [-0.39, 0.29) is 30.1 Å². The molecule has 0 saturated heterocycles. The van der Waals surface area contributed by atoms with Crippen molar-refractivity contribution < 1.29 is 24.9 Å². The maximum Gasteiger partial charge on any atom is 0.314 e. The van der Waals surface area contributed by atoms with E-state index >= 15 is 0 Å². The van der Waals surface area contributed by atoms with Crippen LogP contribution in [0.4, 0.5) is 0 Å². The molecule has 0 fully saturated rings. The molecule has 5 nitrogen and oxygen atoms in total. The summed E-state index contributed by atoms with van der Waals surface area (Å²) in [6, 6.07) is 12.6. The van der Waals surface area contributed by atoms with Gasteiger partial charge in [0.1, 0.15) is 23.2 Å². The molecule has 1 atom stereocenters. The number of phenolic OH excluding ortho intramolecular Hbond substituents is 2. The smallest absolute Gasteiger partial charge is 0.314 e. The number of rotatable bonds is 7. The van der Waals surface area contributed by atoms with Crippen LogP contribution in [0.2, 0.25) is 0 Å². The fourth-order valence-electron chi connectivity index (χ4n) is 2.31. The zero-order valence-electron chi connectivity index (χ0n) is 12.5. The van der Waals surface area contributed by atoms with Gasteiger partial charge < -0.3 is 15.3 Å². The molecular weight excluding hydrogens is 296 g/mol. The number of ketones is 1. The fourth-order valence-corrected chi connectivity index (χ4v) is 2.31. The van der Waals surface area contributed by atoms with Crippen molar-refractivity contribution >= 4 is 11.8 Å². The topological polar surface area (TPSA) is 94.8 Å². The van der Waals surface area contributed by atoms with Crippen molar-refractivity contribution in [1.82, 2.24) is 0 Å². The van der Waals surface area contributed by atoms with Gasteiger partial charge in [0.25, 0.3) is 0 Å². The Hall–Kier alpha value is -2.82. The summed E-state index contributed by atoms with van der Waals surface area (Å²) in [7, 11) is 0. The zero-order valence-corrected chi connectivity index (χ0v) is 12.5. The van der Waals surface area contributed by atoms with Crippen LogP contribution in [0.1, 0.15) is 17.5 Å². The molecule has 0 amide bonds. The molecule has 0 saturated carbocycles. The van der Waals surface area contributed by atoms with Crippen LogP contribution >= 0.6 is 0 Å². The molecular formula is C18H18O5. The monoisotopic (exact) mass is 314 g/mol. The number of carbonyl (C=O) groups is 2. The number of Topliss-reactive ketones (excluding diaryl/α,β-unsaturated/α-hetero) is 1. The van der Waals surface area contributed by atoms with Gasteiger partial charge in [-0.05, 0) is 48.2 Å². The average Bonchev–Trinajstić information content (AvgIpc) is 2.53. The van der Waals surface area contributed by atoms with Crippen LogP contribution in [-0.2, 0) is 22.4 Å². The number of hydrogen-bond acceptors (Lipinski definition) is 4. The van der Waals surface area contributed by atoms with Gasteiger partial charge in [0, 0.05) is 6.42 Å². The van der Waals surface area contributed by atoms with Crippen molar-refractivity contribution in [3.63, 3.8) is 0 Å². The van der Waals surface area contributed by atoms with Gasteiger partial charge in [-0.15, -0.1) is 0 Å². The predicted molar refractivity (Wildman–Crippen MR) is 84.4 cm³/mol. The minimum atomic E-state index is -1.14. The zero-order chi connectivity index (χ0) is 16.8. The molecule has 0 heterocycles. The van der Waals surface area contributed by atoms with Crippen molar-refractivity contribution in [1.29, 1.82) is 0 Å². The largest absolute Gasteiger partial charge is 0.508 e. The van der Waals surface area contributed by atoms with Crippen LogP contribution in [0.3, 0.4) is 0 Å². The lowest BCUT2D eigenvalue weighted by Gasteiger charge is -2.11. The molecule has 120 valence electrons. The number of benzene rings is 2. The summed E-state index contributed by atoms with van der Waals surface area (Å²) in [5.74, 6) is -2.33. The highest BCUT2D eigenvalue weighted by Crippen LogP contribution is 2.17. The number of carboxylic acid groups (broad SMARTS) is 1. The molecule has 2 rings (SSSR count). The first-order chi connectivity index (χ1) is 11.0. The Morgan fingerprint density at radius 3 is 1.78 bits per heavy atom. The average molecular weight is 314 g/mol. The second-order valence-electron chi connectivity index (χ2n) is 5.39. The van der Waals surface area contributed by atoms with Gasteiger partial charge >= 0.3 is 5.97 Å².